The fraction of sp³-hybridized carbons (Fsp3) is 0.474. The first kappa shape index (κ1) is 20.1. The highest BCUT2D eigenvalue weighted by molar-refractivity contribution is 6.35. The van der Waals surface area contributed by atoms with Gasteiger partial charge in [0, 0.05) is 16.5 Å². The van der Waals surface area contributed by atoms with Gasteiger partial charge >= 0.3 is 0 Å². The third-order valence-corrected chi connectivity index (χ3v) is 5.53. The summed E-state index contributed by atoms with van der Waals surface area (Å²) in [6, 6.07) is 5.30. The van der Waals surface area contributed by atoms with Crippen molar-refractivity contribution in [2.24, 2.45) is 5.41 Å². The predicted molar refractivity (Wildman–Crippen MR) is 105 cm³/mol. The highest BCUT2D eigenvalue weighted by Gasteiger charge is 2.41. The number of ether oxygens (including phenoxy) is 2. The first-order valence-electron chi connectivity index (χ1n) is 8.93. The van der Waals surface area contributed by atoms with Gasteiger partial charge in [0.1, 0.15) is 18.4 Å². The van der Waals surface area contributed by atoms with E-state index in [2.05, 4.69) is 10.1 Å². The third kappa shape index (κ3) is 4.29. The second-order valence-electron chi connectivity index (χ2n) is 6.64. The molecular formula is C19H23Cl2N3O3. The maximum absolute atomic E-state index is 11.3. The fourth-order valence-electron chi connectivity index (χ4n) is 3.11. The van der Waals surface area contributed by atoms with Crippen LogP contribution in [0.4, 0.5) is 0 Å². The Labute approximate surface area is 168 Å². The predicted octanol–water partition coefficient (Wildman–Crippen LogP) is 4.73. The van der Waals surface area contributed by atoms with E-state index >= 15 is 0 Å². The fourth-order valence-corrected chi connectivity index (χ4v) is 3.59. The lowest BCUT2D eigenvalue weighted by atomic mass is 9.82. The Balaban J connectivity index is 2.01. The zero-order chi connectivity index (χ0) is 19.4. The minimum absolute atomic E-state index is 0.177. The molecule has 8 heteroatoms. The van der Waals surface area contributed by atoms with Gasteiger partial charge in [-0.25, -0.2) is 9.67 Å². The number of rotatable bonds is 6. The lowest BCUT2D eigenvalue weighted by Crippen LogP contribution is -2.43. The van der Waals surface area contributed by atoms with Crippen molar-refractivity contribution in [2.45, 2.75) is 39.4 Å². The molecule has 146 valence electrons. The monoisotopic (exact) mass is 411 g/mol. The molecule has 0 spiro atoms. The lowest BCUT2D eigenvalue weighted by Gasteiger charge is -2.39. The molecule has 3 rings (SSSR count). The van der Waals surface area contributed by atoms with Crippen LogP contribution in [-0.4, -0.2) is 39.4 Å². The lowest BCUT2D eigenvalue weighted by molar-refractivity contribution is -0.227. The number of aliphatic hydroxyl groups is 1. The molecule has 1 aromatic carbocycles. The van der Waals surface area contributed by atoms with E-state index in [-0.39, 0.29) is 12.0 Å². The number of hydrogen-bond acceptors (Lipinski definition) is 5. The van der Waals surface area contributed by atoms with Gasteiger partial charge < -0.3 is 14.6 Å². The molecule has 1 fully saturated rings. The van der Waals surface area contributed by atoms with Gasteiger partial charge in [-0.05, 0) is 30.5 Å². The van der Waals surface area contributed by atoms with E-state index in [4.69, 9.17) is 32.7 Å². The maximum Gasteiger partial charge on any atom is 0.157 e. The van der Waals surface area contributed by atoms with Crippen LogP contribution in [0.25, 0.3) is 5.70 Å². The Bertz CT molecular complexity index is 801. The van der Waals surface area contributed by atoms with Crippen LogP contribution in [0.3, 0.4) is 0 Å². The van der Waals surface area contributed by atoms with Gasteiger partial charge in [-0.1, -0.05) is 43.1 Å². The molecule has 0 radical (unpaired) electrons. The second kappa shape index (κ2) is 8.61. The molecule has 1 aliphatic rings. The van der Waals surface area contributed by atoms with Crippen molar-refractivity contribution in [3.05, 3.63) is 52.2 Å². The van der Waals surface area contributed by atoms with Crippen molar-refractivity contribution in [2.75, 3.05) is 13.2 Å². The molecule has 1 N–H and O–H groups in total. The zero-order valence-electron chi connectivity index (χ0n) is 15.4. The summed E-state index contributed by atoms with van der Waals surface area (Å²) in [5.74, 6) is 0.177. The van der Waals surface area contributed by atoms with E-state index in [1.54, 1.807) is 23.1 Å². The highest BCUT2D eigenvalue weighted by atomic mass is 35.5. The van der Waals surface area contributed by atoms with Gasteiger partial charge in [-0.2, -0.15) is 5.10 Å². The van der Waals surface area contributed by atoms with Gasteiger partial charge in [-0.15, -0.1) is 0 Å². The summed E-state index contributed by atoms with van der Waals surface area (Å²) >= 11 is 12.4. The van der Waals surface area contributed by atoms with Crippen LogP contribution in [0.15, 0.2) is 36.6 Å². The topological polar surface area (TPSA) is 69.4 Å². The minimum Gasteiger partial charge on any atom is -0.510 e. The Hall–Kier alpha value is -1.60. The summed E-state index contributed by atoms with van der Waals surface area (Å²) in [5.41, 5.74) is 0.764. The molecule has 0 unspecified atom stereocenters. The number of nitrogens with zero attached hydrogens (tertiary/aromatic N) is 3. The highest BCUT2D eigenvalue weighted by Crippen LogP contribution is 2.39. The second-order valence-corrected chi connectivity index (χ2v) is 7.49. The van der Waals surface area contributed by atoms with E-state index in [1.165, 1.54) is 6.33 Å². The number of benzene rings is 1. The van der Waals surface area contributed by atoms with Crippen molar-refractivity contribution in [1.82, 2.24) is 14.8 Å². The van der Waals surface area contributed by atoms with Crippen molar-refractivity contribution in [3.8, 4) is 0 Å². The van der Waals surface area contributed by atoms with Crippen LogP contribution >= 0.6 is 23.2 Å². The van der Waals surface area contributed by atoms with Gasteiger partial charge in [0.25, 0.3) is 0 Å². The standard InChI is InChI=1S/C19H23Cl2N3O3/c1-3-17-26-9-19(4-2,10-27-17)18(25)16(24-12-22-11-23-24)7-13-5-6-14(20)8-15(13)21/h5-6,8,11-12,17,25H,3-4,7,9-10H2,1-2H3/b18-16+. The van der Waals surface area contributed by atoms with Crippen molar-refractivity contribution < 1.29 is 14.6 Å². The molecule has 6 nitrogen and oxygen atoms in total. The molecular weight excluding hydrogens is 389 g/mol. The summed E-state index contributed by atoms with van der Waals surface area (Å²) < 4.78 is 13.2. The molecule has 0 amide bonds. The van der Waals surface area contributed by atoms with Crippen molar-refractivity contribution >= 4 is 28.9 Å². The van der Waals surface area contributed by atoms with Crippen LogP contribution in [0.5, 0.6) is 0 Å². The normalized spacial score (nSPS) is 23.9. The molecule has 1 saturated heterocycles. The van der Waals surface area contributed by atoms with Gasteiger partial charge in [0.15, 0.2) is 6.29 Å². The summed E-state index contributed by atoms with van der Waals surface area (Å²) in [6.07, 6.45) is 4.53. The van der Waals surface area contributed by atoms with Crippen LogP contribution < -0.4 is 0 Å². The van der Waals surface area contributed by atoms with E-state index in [9.17, 15) is 5.11 Å². The summed E-state index contributed by atoms with van der Waals surface area (Å²) in [6.45, 7) is 4.76. The van der Waals surface area contributed by atoms with E-state index in [1.807, 2.05) is 19.9 Å². The minimum atomic E-state index is -0.647. The van der Waals surface area contributed by atoms with E-state index in [0.29, 0.717) is 41.8 Å². The molecule has 0 saturated carbocycles. The number of hydrogen-bond donors (Lipinski definition) is 1. The molecule has 0 atom stereocenters. The van der Waals surface area contributed by atoms with Crippen molar-refractivity contribution in [3.63, 3.8) is 0 Å². The molecule has 27 heavy (non-hydrogen) atoms. The smallest absolute Gasteiger partial charge is 0.157 e. The average molecular weight is 412 g/mol. The molecule has 2 aromatic rings. The first-order chi connectivity index (χ1) is 13.0. The van der Waals surface area contributed by atoms with Crippen LogP contribution in [-0.2, 0) is 15.9 Å². The quantitative estimate of drug-likeness (QED) is 0.695. The zero-order valence-corrected chi connectivity index (χ0v) is 16.9. The molecule has 0 aliphatic carbocycles. The summed E-state index contributed by atoms with van der Waals surface area (Å²) in [4.78, 5) is 4.01. The number of aromatic nitrogens is 3. The largest absolute Gasteiger partial charge is 0.510 e. The Morgan fingerprint density at radius 1 is 1.30 bits per heavy atom. The molecule has 2 heterocycles. The van der Waals surface area contributed by atoms with E-state index < -0.39 is 5.41 Å². The van der Waals surface area contributed by atoms with Gasteiger partial charge in [0.05, 0.1) is 24.3 Å². The Kier molecular flexibility index (Phi) is 6.42. The SMILES string of the molecule is CCC1OCC(CC)(/C(O)=C(/Cc2ccc(Cl)cc2Cl)n2cncn2)CO1. The molecule has 1 aromatic heterocycles. The summed E-state index contributed by atoms with van der Waals surface area (Å²) in [5, 5.41) is 16.6. The van der Waals surface area contributed by atoms with Crippen LogP contribution in [0, 0.1) is 5.41 Å². The number of allylic oxidation sites excluding steroid dienone is 1. The number of aliphatic hydroxyl groups excluding tert-OH is 1. The molecule has 1 aliphatic heterocycles. The third-order valence-electron chi connectivity index (χ3n) is 4.95. The summed E-state index contributed by atoms with van der Waals surface area (Å²) in [7, 11) is 0. The average Bonchev–Trinajstić information content (AvgIpc) is 3.21. The van der Waals surface area contributed by atoms with Crippen LogP contribution in [0.2, 0.25) is 10.0 Å². The molecule has 0 bridgehead atoms. The van der Waals surface area contributed by atoms with Crippen LogP contribution in [0.1, 0.15) is 32.3 Å². The maximum atomic E-state index is 11.3. The van der Waals surface area contributed by atoms with Gasteiger partial charge in [-0.3, -0.25) is 0 Å². The Morgan fingerprint density at radius 2 is 2.04 bits per heavy atom. The Morgan fingerprint density at radius 3 is 2.59 bits per heavy atom. The van der Waals surface area contributed by atoms with E-state index in [0.717, 1.165) is 12.0 Å². The van der Waals surface area contributed by atoms with Gasteiger partial charge in [0.2, 0.25) is 0 Å². The van der Waals surface area contributed by atoms with Crippen molar-refractivity contribution in [1.29, 1.82) is 0 Å². The number of halogens is 2. The first-order valence-corrected chi connectivity index (χ1v) is 9.69.